The Morgan fingerprint density at radius 3 is 1.93 bits per heavy atom. The van der Waals surface area contributed by atoms with Crippen molar-refractivity contribution in [2.24, 2.45) is 0 Å². The van der Waals surface area contributed by atoms with E-state index < -0.39 is 24.0 Å². The minimum atomic E-state index is -2.79. The number of para-hydroxylation sites is 1. The second-order valence-corrected chi connectivity index (χ2v) is 22.5. The fourth-order valence-electron chi connectivity index (χ4n) is 4.35. The number of benzene rings is 1. The number of unbranched alkanes of at least 4 members (excludes halogenated alkanes) is 3. The molecule has 0 bridgehead atoms. The van der Waals surface area contributed by atoms with Gasteiger partial charge in [-0.05, 0) is 0 Å². The third-order valence-corrected chi connectivity index (χ3v) is 21.2. The Balaban J connectivity index is 2.68. The van der Waals surface area contributed by atoms with Gasteiger partial charge in [0, 0.05) is 0 Å². The van der Waals surface area contributed by atoms with Gasteiger partial charge in [-0.25, -0.2) is 0 Å². The van der Waals surface area contributed by atoms with Crippen molar-refractivity contribution >= 4 is 39.1 Å². The first-order valence-corrected chi connectivity index (χ1v) is 19.1. The minimum absolute atomic E-state index is 0.195. The van der Waals surface area contributed by atoms with Crippen LogP contribution in [-0.4, -0.2) is 34.6 Å². The van der Waals surface area contributed by atoms with E-state index in [4.69, 9.17) is 4.74 Å². The zero-order chi connectivity index (χ0) is 21.5. The molecule has 29 heavy (non-hydrogen) atoms. The third kappa shape index (κ3) is 6.25. The van der Waals surface area contributed by atoms with Crippen LogP contribution in [0.2, 0.25) is 13.3 Å². The van der Waals surface area contributed by atoms with Crippen LogP contribution >= 0.6 is 0 Å². The van der Waals surface area contributed by atoms with Crippen molar-refractivity contribution in [1.29, 1.82) is 0 Å². The van der Waals surface area contributed by atoms with Crippen LogP contribution < -0.4 is 3.71 Å². The number of carbonyl (C=O) groups excluding carboxylic acids is 1. The van der Waals surface area contributed by atoms with Crippen LogP contribution in [0.15, 0.2) is 30.3 Å². The maximum absolute atomic E-state index is 13.4. The molecule has 2 rings (SSSR count). The fraction of sp³-hybridized carbons (Fsp3) is 0.640. The molecule has 1 heterocycles. The van der Waals surface area contributed by atoms with Gasteiger partial charge in [0.25, 0.3) is 0 Å². The van der Waals surface area contributed by atoms with Gasteiger partial charge in [0.1, 0.15) is 0 Å². The molecule has 0 saturated carbocycles. The molecule has 0 fully saturated rings. The van der Waals surface area contributed by atoms with Crippen LogP contribution in [-0.2, 0) is 4.74 Å². The number of ether oxygens (including phenoxy) is 1. The zero-order valence-electron chi connectivity index (χ0n) is 19.5. The summed E-state index contributed by atoms with van der Waals surface area (Å²) < 4.78 is 13.3. The molecule has 3 nitrogen and oxygen atoms in total. The number of rotatable bonds is 10. The van der Waals surface area contributed by atoms with Gasteiger partial charge in [-0.15, -0.1) is 0 Å². The van der Waals surface area contributed by atoms with Crippen molar-refractivity contribution in [3.8, 4) is 0 Å². The van der Waals surface area contributed by atoms with Crippen molar-refractivity contribution in [3.05, 3.63) is 30.3 Å². The number of nitrogens with zero attached hydrogens (tertiary/aromatic N) is 1. The molecule has 2 aromatic rings. The molecule has 162 valence electrons. The first-order valence-electron chi connectivity index (χ1n) is 11.6. The Hall–Kier alpha value is -0.971. The summed E-state index contributed by atoms with van der Waals surface area (Å²) >= 11 is -2.79. The fourth-order valence-corrected chi connectivity index (χ4v) is 20.8. The standard InChI is InChI=1S/C13H14NO2.3C4H9.Sn/c1-13(2,3)16-12(15)14-9-8-10-6-4-5-7-11(10)14;3*1-3-4-2;/h4-8H,1-3H3;3*1,3-4H2,2H3;. The van der Waals surface area contributed by atoms with Gasteiger partial charge < -0.3 is 0 Å². The van der Waals surface area contributed by atoms with E-state index in [1.807, 2.05) is 31.4 Å². The van der Waals surface area contributed by atoms with E-state index in [-0.39, 0.29) is 6.09 Å². The Morgan fingerprint density at radius 1 is 0.931 bits per heavy atom. The molecule has 0 aliphatic carbocycles. The summed E-state index contributed by atoms with van der Waals surface area (Å²) in [7, 11) is 0. The molecule has 0 aliphatic heterocycles. The van der Waals surface area contributed by atoms with Gasteiger partial charge in [-0.1, -0.05) is 0 Å². The van der Waals surface area contributed by atoms with Gasteiger partial charge in [0.05, 0.1) is 0 Å². The van der Waals surface area contributed by atoms with Crippen LogP contribution in [0.5, 0.6) is 0 Å². The molecule has 0 saturated heterocycles. The molecule has 4 heteroatoms. The summed E-state index contributed by atoms with van der Waals surface area (Å²) in [6.45, 7) is 12.7. The average molecular weight is 506 g/mol. The van der Waals surface area contributed by atoms with Crippen molar-refractivity contribution in [3.63, 3.8) is 0 Å². The number of carbonyl (C=O) groups is 1. The number of hydrogen-bond donors (Lipinski definition) is 0. The van der Waals surface area contributed by atoms with Crippen LogP contribution in [0, 0.1) is 0 Å². The summed E-state index contributed by atoms with van der Waals surface area (Å²) in [4.78, 5) is 13.4. The summed E-state index contributed by atoms with van der Waals surface area (Å²) in [6, 6.07) is 10.7. The van der Waals surface area contributed by atoms with E-state index in [2.05, 4.69) is 45.0 Å². The van der Waals surface area contributed by atoms with E-state index in [1.54, 1.807) is 0 Å². The van der Waals surface area contributed by atoms with Crippen LogP contribution in [0.1, 0.15) is 80.1 Å². The molecule has 1 aromatic heterocycles. The van der Waals surface area contributed by atoms with Gasteiger partial charge in [-0.2, -0.15) is 0 Å². The van der Waals surface area contributed by atoms with Crippen LogP contribution in [0.25, 0.3) is 10.9 Å². The molecule has 0 aliphatic rings. The van der Waals surface area contributed by atoms with E-state index in [9.17, 15) is 4.79 Å². The summed E-state index contributed by atoms with van der Waals surface area (Å²) in [5, 5.41) is 1.18. The Kier molecular flexibility index (Phi) is 9.11. The summed E-state index contributed by atoms with van der Waals surface area (Å²) in [6.07, 6.45) is 7.31. The quantitative estimate of drug-likeness (QED) is 0.313. The molecule has 0 radical (unpaired) electrons. The normalized spacial score (nSPS) is 12.5. The summed E-state index contributed by atoms with van der Waals surface area (Å²) in [5.41, 5.74) is 0.524. The Labute approximate surface area is 182 Å². The molecular weight excluding hydrogens is 465 g/mol. The van der Waals surface area contributed by atoms with Crippen molar-refractivity contribution in [1.82, 2.24) is 4.57 Å². The molecule has 0 atom stereocenters. The van der Waals surface area contributed by atoms with Crippen molar-refractivity contribution in [2.75, 3.05) is 0 Å². The molecule has 0 amide bonds. The van der Waals surface area contributed by atoms with E-state index >= 15 is 0 Å². The van der Waals surface area contributed by atoms with E-state index in [0.717, 1.165) is 5.52 Å². The van der Waals surface area contributed by atoms with E-state index in [1.165, 1.54) is 60.9 Å². The van der Waals surface area contributed by atoms with Crippen molar-refractivity contribution in [2.45, 2.75) is 99.0 Å². The predicted octanol–water partition coefficient (Wildman–Crippen LogP) is 7.48. The van der Waals surface area contributed by atoms with Crippen LogP contribution in [0.4, 0.5) is 4.79 Å². The molecule has 1 aromatic carbocycles. The van der Waals surface area contributed by atoms with Gasteiger partial charge >= 0.3 is 182 Å². The van der Waals surface area contributed by atoms with E-state index in [0.29, 0.717) is 0 Å². The number of hydrogen-bond acceptors (Lipinski definition) is 2. The number of aromatic nitrogens is 1. The SMILES string of the molecule is CCC[CH2][Sn]([CH2]CCC)([CH2]CCC)[c]1cc2ccccc2n1C(=O)OC(C)(C)C. The Morgan fingerprint density at radius 2 is 1.45 bits per heavy atom. The first kappa shape index (κ1) is 24.3. The van der Waals surface area contributed by atoms with Gasteiger partial charge in [0.2, 0.25) is 0 Å². The maximum atomic E-state index is 13.4. The first-order chi connectivity index (χ1) is 13.8. The second-order valence-electron chi connectivity index (χ2n) is 9.50. The van der Waals surface area contributed by atoms with Gasteiger partial charge in [0.15, 0.2) is 0 Å². The zero-order valence-corrected chi connectivity index (χ0v) is 22.4. The third-order valence-electron chi connectivity index (χ3n) is 5.86. The second kappa shape index (κ2) is 10.9. The van der Waals surface area contributed by atoms with Gasteiger partial charge in [-0.3, -0.25) is 0 Å². The molecular formula is C25H41NO2Sn. The molecule has 0 spiro atoms. The van der Waals surface area contributed by atoms with Crippen molar-refractivity contribution < 1.29 is 9.53 Å². The Bertz CT molecular complexity index is 766. The average Bonchev–Trinajstić information content (AvgIpc) is 3.06. The molecule has 0 N–H and O–H groups in total. The topological polar surface area (TPSA) is 31.2 Å². The predicted molar refractivity (Wildman–Crippen MR) is 128 cm³/mol. The van der Waals surface area contributed by atoms with Crippen LogP contribution in [0.3, 0.4) is 0 Å². The molecule has 0 unspecified atom stereocenters. The monoisotopic (exact) mass is 507 g/mol. The summed E-state index contributed by atoms with van der Waals surface area (Å²) in [5.74, 6) is 0. The number of fused-ring (bicyclic) bond motifs is 1.